The fourth-order valence-electron chi connectivity index (χ4n) is 3.59. The molecule has 0 saturated carbocycles. The van der Waals surface area contributed by atoms with Gasteiger partial charge in [-0.3, -0.25) is 14.6 Å². The van der Waals surface area contributed by atoms with Crippen molar-refractivity contribution in [3.05, 3.63) is 60.2 Å². The second-order valence-electron chi connectivity index (χ2n) is 7.44. The minimum absolute atomic E-state index is 0.0634. The Labute approximate surface area is 188 Å². The third kappa shape index (κ3) is 4.59. The van der Waals surface area contributed by atoms with E-state index in [1.807, 2.05) is 30.5 Å². The van der Waals surface area contributed by atoms with Gasteiger partial charge < -0.3 is 16.0 Å². The first-order chi connectivity index (χ1) is 15.5. The highest BCUT2D eigenvalue weighted by Crippen LogP contribution is 2.26. The largest absolute Gasteiger partial charge is 0.368 e. The molecule has 10 heteroatoms. The van der Waals surface area contributed by atoms with Crippen LogP contribution in [0.5, 0.6) is 0 Å². The average molecular weight is 455 g/mol. The van der Waals surface area contributed by atoms with Gasteiger partial charge in [-0.2, -0.15) is 16.9 Å². The molecule has 8 nitrogen and oxygen atoms in total. The summed E-state index contributed by atoms with van der Waals surface area (Å²) in [6.45, 7) is 0. The molecule has 0 aliphatic carbocycles. The average Bonchev–Trinajstić information content (AvgIpc) is 3.42. The van der Waals surface area contributed by atoms with Crippen LogP contribution in [0.2, 0.25) is 0 Å². The molecule has 1 aromatic heterocycles. The van der Waals surface area contributed by atoms with Crippen LogP contribution in [0.25, 0.3) is 11.0 Å². The Kier molecular flexibility index (Phi) is 6.40. The van der Waals surface area contributed by atoms with Crippen LogP contribution < -0.4 is 16.1 Å². The number of hydrogen-bond donors (Lipinski definition) is 3. The van der Waals surface area contributed by atoms with Gasteiger partial charge in [0.2, 0.25) is 5.91 Å². The highest BCUT2D eigenvalue weighted by Gasteiger charge is 2.35. The lowest BCUT2D eigenvalue weighted by atomic mass is 10.1. The van der Waals surface area contributed by atoms with E-state index in [1.54, 1.807) is 11.8 Å². The SMILES string of the molecule is CSCC[C@H](NC(=O)C1=NN(c2ccc(F)cc2)[C@H](C(N)=O)C1)c1nc2ccccc2[nH]1. The van der Waals surface area contributed by atoms with E-state index in [4.69, 9.17) is 5.73 Å². The molecule has 4 N–H and O–H groups in total. The van der Waals surface area contributed by atoms with E-state index in [0.29, 0.717) is 17.9 Å². The fraction of sp³-hybridized carbons (Fsp3) is 0.273. The van der Waals surface area contributed by atoms with Crippen LogP contribution in [-0.4, -0.2) is 45.5 Å². The summed E-state index contributed by atoms with van der Waals surface area (Å²) < 4.78 is 13.3. The molecule has 1 aliphatic rings. The number of halogens is 1. The third-order valence-corrected chi connectivity index (χ3v) is 5.89. The van der Waals surface area contributed by atoms with E-state index in [9.17, 15) is 14.0 Å². The lowest BCUT2D eigenvalue weighted by Crippen LogP contribution is -2.40. The second-order valence-corrected chi connectivity index (χ2v) is 8.42. The van der Waals surface area contributed by atoms with Crippen LogP contribution >= 0.6 is 11.8 Å². The number of hydrogen-bond acceptors (Lipinski definition) is 6. The molecule has 3 aromatic rings. The van der Waals surface area contributed by atoms with Crippen molar-refractivity contribution in [2.24, 2.45) is 10.8 Å². The first kappa shape index (κ1) is 21.8. The number of fused-ring (bicyclic) bond motifs is 1. The molecule has 0 bridgehead atoms. The number of carbonyl (C=O) groups is 2. The molecule has 4 rings (SSSR count). The Hall–Kier alpha value is -3.40. The van der Waals surface area contributed by atoms with E-state index in [1.165, 1.54) is 29.3 Å². The lowest BCUT2D eigenvalue weighted by molar-refractivity contribution is -0.119. The number of nitrogens with two attached hydrogens (primary N) is 1. The van der Waals surface area contributed by atoms with Crippen molar-refractivity contribution in [1.29, 1.82) is 0 Å². The van der Waals surface area contributed by atoms with Crippen LogP contribution in [0.3, 0.4) is 0 Å². The quantitative estimate of drug-likeness (QED) is 0.484. The Morgan fingerprint density at radius 2 is 2.03 bits per heavy atom. The predicted octanol–water partition coefficient (Wildman–Crippen LogP) is 2.73. The molecule has 0 radical (unpaired) electrons. The van der Waals surface area contributed by atoms with E-state index in [-0.39, 0.29) is 18.2 Å². The summed E-state index contributed by atoms with van der Waals surface area (Å²) in [7, 11) is 0. The Balaban J connectivity index is 1.57. The number of benzene rings is 2. The number of thioether (sulfide) groups is 1. The zero-order valence-corrected chi connectivity index (χ0v) is 18.2. The summed E-state index contributed by atoms with van der Waals surface area (Å²) >= 11 is 1.67. The zero-order chi connectivity index (χ0) is 22.7. The smallest absolute Gasteiger partial charge is 0.268 e. The number of imidazole rings is 1. The summed E-state index contributed by atoms with van der Waals surface area (Å²) in [5, 5.41) is 8.71. The number of nitrogens with one attached hydrogen (secondary N) is 2. The first-order valence-corrected chi connectivity index (χ1v) is 11.5. The highest BCUT2D eigenvalue weighted by molar-refractivity contribution is 7.98. The maximum Gasteiger partial charge on any atom is 0.268 e. The van der Waals surface area contributed by atoms with Gasteiger partial charge in [0, 0.05) is 6.42 Å². The van der Waals surface area contributed by atoms with Gasteiger partial charge in [0.15, 0.2) is 0 Å². The summed E-state index contributed by atoms with van der Waals surface area (Å²) in [5.41, 5.74) is 7.91. The minimum Gasteiger partial charge on any atom is -0.368 e. The summed E-state index contributed by atoms with van der Waals surface area (Å²) in [6.07, 6.45) is 2.73. The molecule has 2 atom stereocenters. The van der Waals surface area contributed by atoms with Gasteiger partial charge in [-0.1, -0.05) is 12.1 Å². The van der Waals surface area contributed by atoms with Crippen molar-refractivity contribution in [3.8, 4) is 0 Å². The van der Waals surface area contributed by atoms with Gasteiger partial charge in [-0.25, -0.2) is 9.37 Å². The van der Waals surface area contributed by atoms with Gasteiger partial charge in [0.25, 0.3) is 5.91 Å². The van der Waals surface area contributed by atoms with E-state index >= 15 is 0 Å². The molecule has 2 aromatic carbocycles. The highest BCUT2D eigenvalue weighted by atomic mass is 32.2. The third-order valence-electron chi connectivity index (χ3n) is 5.25. The van der Waals surface area contributed by atoms with E-state index in [0.717, 1.165) is 16.8 Å². The Morgan fingerprint density at radius 3 is 2.72 bits per heavy atom. The van der Waals surface area contributed by atoms with Crippen LogP contribution in [0, 0.1) is 5.82 Å². The first-order valence-electron chi connectivity index (χ1n) is 10.1. The molecule has 2 amide bonds. The zero-order valence-electron chi connectivity index (χ0n) is 17.4. The molecular weight excluding hydrogens is 431 g/mol. The second kappa shape index (κ2) is 9.39. The van der Waals surface area contributed by atoms with Crippen molar-refractivity contribution in [2.45, 2.75) is 24.9 Å². The molecule has 0 unspecified atom stereocenters. The summed E-state index contributed by atoms with van der Waals surface area (Å²) in [5.74, 6) is 0.0617. The molecule has 2 heterocycles. The van der Waals surface area contributed by atoms with Gasteiger partial charge in [0.1, 0.15) is 23.4 Å². The van der Waals surface area contributed by atoms with Gasteiger partial charge in [-0.15, -0.1) is 0 Å². The van der Waals surface area contributed by atoms with E-state index < -0.39 is 23.7 Å². The number of para-hydroxylation sites is 2. The molecule has 0 fully saturated rings. The number of anilines is 1. The molecule has 166 valence electrons. The molecule has 0 spiro atoms. The van der Waals surface area contributed by atoms with Crippen molar-refractivity contribution in [3.63, 3.8) is 0 Å². The molecule has 1 aliphatic heterocycles. The van der Waals surface area contributed by atoms with Gasteiger partial charge in [-0.05, 0) is 54.8 Å². The van der Waals surface area contributed by atoms with Crippen molar-refractivity contribution in [1.82, 2.24) is 15.3 Å². The monoisotopic (exact) mass is 454 g/mol. The Morgan fingerprint density at radius 1 is 1.28 bits per heavy atom. The van der Waals surface area contributed by atoms with Crippen LogP contribution in [-0.2, 0) is 9.59 Å². The maximum atomic E-state index is 13.3. The normalized spacial score (nSPS) is 16.8. The van der Waals surface area contributed by atoms with Crippen molar-refractivity contribution in [2.75, 3.05) is 17.0 Å². The predicted molar refractivity (Wildman–Crippen MR) is 124 cm³/mol. The number of aromatic nitrogens is 2. The number of nitrogens with zero attached hydrogens (tertiary/aromatic N) is 3. The number of hydrazone groups is 1. The number of rotatable bonds is 8. The molecule has 32 heavy (non-hydrogen) atoms. The van der Waals surface area contributed by atoms with Crippen LogP contribution in [0.1, 0.15) is 24.7 Å². The van der Waals surface area contributed by atoms with Gasteiger partial charge >= 0.3 is 0 Å². The molecule has 0 saturated heterocycles. The number of carbonyl (C=O) groups excluding carboxylic acids is 2. The summed E-state index contributed by atoms with van der Waals surface area (Å²) in [4.78, 5) is 33.0. The summed E-state index contributed by atoms with van der Waals surface area (Å²) in [6, 6.07) is 12.0. The van der Waals surface area contributed by atoms with Gasteiger partial charge in [0.05, 0.1) is 22.8 Å². The number of amides is 2. The van der Waals surface area contributed by atoms with Crippen molar-refractivity contribution >= 4 is 46.0 Å². The number of primary amides is 1. The lowest BCUT2D eigenvalue weighted by Gasteiger charge is -2.20. The van der Waals surface area contributed by atoms with E-state index in [2.05, 4.69) is 20.4 Å². The van der Waals surface area contributed by atoms with Crippen molar-refractivity contribution < 1.29 is 14.0 Å². The van der Waals surface area contributed by atoms with Crippen LogP contribution in [0.4, 0.5) is 10.1 Å². The van der Waals surface area contributed by atoms with Crippen LogP contribution in [0.15, 0.2) is 53.6 Å². The fourth-order valence-corrected chi connectivity index (χ4v) is 4.06. The number of aromatic amines is 1. The Bertz CT molecular complexity index is 1130. The molecular formula is C22H23FN6O2S. The topological polar surface area (TPSA) is 116 Å². The standard InChI is InChI=1S/C22H23FN6O2S/c1-32-11-10-17(21-25-15-4-2-3-5-16(15)26-21)27-22(31)18-12-19(20(24)30)29(28-18)14-8-6-13(23)7-9-14/h2-9,17,19H,10-12H2,1H3,(H2,24,30)(H,25,26)(H,27,31)/t17-,19-/m0/s1. The minimum atomic E-state index is -0.822. The maximum absolute atomic E-state index is 13.3. The number of H-pyrrole nitrogens is 1.